The lowest BCUT2D eigenvalue weighted by Gasteiger charge is -2.12. The van der Waals surface area contributed by atoms with E-state index in [1.807, 2.05) is 13.0 Å². The number of methoxy groups -OCH3 is 1. The van der Waals surface area contributed by atoms with Crippen LogP contribution in [0.1, 0.15) is 31.9 Å². The minimum absolute atomic E-state index is 0.261. The van der Waals surface area contributed by atoms with E-state index in [-0.39, 0.29) is 5.76 Å². The van der Waals surface area contributed by atoms with Crippen molar-refractivity contribution in [1.82, 2.24) is 0 Å². The minimum Gasteiger partial charge on any atom is -0.507 e. The van der Waals surface area contributed by atoms with Crippen molar-refractivity contribution in [1.29, 1.82) is 0 Å². The Bertz CT molecular complexity index is 572. The molecule has 0 aliphatic carbocycles. The Kier molecular flexibility index (Phi) is 6.63. The van der Waals surface area contributed by atoms with Gasteiger partial charge in [-0.25, -0.2) is 4.79 Å². The van der Waals surface area contributed by atoms with Crippen LogP contribution in [0.25, 0.3) is 5.76 Å². The summed E-state index contributed by atoms with van der Waals surface area (Å²) in [6, 6.07) is 5.22. The van der Waals surface area contributed by atoms with E-state index in [1.54, 1.807) is 12.1 Å². The summed E-state index contributed by atoms with van der Waals surface area (Å²) >= 11 is 0. The van der Waals surface area contributed by atoms with E-state index in [2.05, 4.69) is 18.6 Å². The molecule has 0 atom stereocenters. The van der Waals surface area contributed by atoms with Crippen LogP contribution in [-0.2, 0) is 20.7 Å². The van der Waals surface area contributed by atoms with Gasteiger partial charge in [-0.1, -0.05) is 20.8 Å². The largest absolute Gasteiger partial charge is 0.507 e. The summed E-state index contributed by atoms with van der Waals surface area (Å²) in [6.07, 6.45) is 1.52. The third-order valence-corrected chi connectivity index (χ3v) is 2.97. The lowest BCUT2D eigenvalue weighted by atomic mass is 10.0. The summed E-state index contributed by atoms with van der Waals surface area (Å²) in [5.41, 5.74) is 1.32. The molecule has 0 aromatic heterocycles. The average Bonchev–Trinajstić information content (AvgIpc) is 2.51. The Morgan fingerprint density at radius 1 is 1.32 bits per heavy atom. The molecule has 1 N–H and O–H groups in total. The van der Waals surface area contributed by atoms with Crippen molar-refractivity contribution >= 4 is 17.5 Å². The predicted molar refractivity (Wildman–Crippen MR) is 83.8 cm³/mol. The van der Waals surface area contributed by atoms with E-state index >= 15 is 0 Å². The van der Waals surface area contributed by atoms with Crippen molar-refractivity contribution in [3.63, 3.8) is 0 Å². The summed E-state index contributed by atoms with van der Waals surface area (Å²) in [6.45, 7) is 6.65. The van der Waals surface area contributed by atoms with Crippen molar-refractivity contribution in [2.24, 2.45) is 5.92 Å². The fraction of sp³-hybridized carbons (Fsp3) is 0.412. The number of hydrogen-bond donors (Lipinski definition) is 1. The molecule has 22 heavy (non-hydrogen) atoms. The van der Waals surface area contributed by atoms with Gasteiger partial charge in [-0.2, -0.15) is 0 Å². The van der Waals surface area contributed by atoms with Crippen LogP contribution in [0.15, 0.2) is 24.3 Å². The Hall–Kier alpha value is -2.30. The van der Waals surface area contributed by atoms with E-state index in [4.69, 9.17) is 4.74 Å². The summed E-state index contributed by atoms with van der Waals surface area (Å²) in [5.74, 6) is -1.05. The van der Waals surface area contributed by atoms with Crippen molar-refractivity contribution in [3.05, 3.63) is 35.4 Å². The van der Waals surface area contributed by atoms with Crippen LogP contribution in [0, 0.1) is 5.92 Å². The second-order valence-corrected chi connectivity index (χ2v) is 5.26. The molecular formula is C17H22O5. The highest BCUT2D eigenvalue weighted by atomic mass is 16.5. The maximum absolute atomic E-state index is 11.5. The number of ether oxygens (including phenoxy) is 2. The SMILES string of the molecule is CCc1cc(OCC(C)C)ccc1/C(O)=C/C(=O)C(=O)OC. The number of aryl methyl sites for hydroxylation is 1. The maximum atomic E-state index is 11.5. The Labute approximate surface area is 130 Å². The van der Waals surface area contributed by atoms with Gasteiger partial charge in [0.25, 0.3) is 5.78 Å². The third-order valence-electron chi connectivity index (χ3n) is 2.97. The van der Waals surface area contributed by atoms with Gasteiger partial charge in [0, 0.05) is 11.6 Å². The van der Waals surface area contributed by atoms with Gasteiger partial charge >= 0.3 is 5.97 Å². The highest BCUT2D eigenvalue weighted by molar-refractivity contribution is 6.39. The average molecular weight is 306 g/mol. The molecule has 5 heteroatoms. The lowest BCUT2D eigenvalue weighted by Crippen LogP contribution is -2.13. The smallest absolute Gasteiger partial charge is 0.378 e. The fourth-order valence-electron chi connectivity index (χ4n) is 1.83. The van der Waals surface area contributed by atoms with Gasteiger partial charge < -0.3 is 14.6 Å². The molecule has 1 aromatic rings. The summed E-state index contributed by atoms with van der Waals surface area (Å²) in [4.78, 5) is 22.6. The molecule has 0 saturated carbocycles. The molecule has 0 radical (unpaired) electrons. The van der Waals surface area contributed by atoms with E-state index in [0.29, 0.717) is 30.3 Å². The molecule has 120 valence electrons. The molecule has 1 aromatic carbocycles. The van der Waals surface area contributed by atoms with Crippen molar-refractivity contribution < 1.29 is 24.2 Å². The molecule has 0 aliphatic rings. The zero-order valence-electron chi connectivity index (χ0n) is 13.4. The Morgan fingerprint density at radius 2 is 2.00 bits per heavy atom. The van der Waals surface area contributed by atoms with Crippen LogP contribution >= 0.6 is 0 Å². The number of carbonyl (C=O) groups is 2. The quantitative estimate of drug-likeness (QED) is 0.363. The van der Waals surface area contributed by atoms with Crippen LogP contribution < -0.4 is 4.74 Å². The molecule has 0 bridgehead atoms. The number of ketones is 1. The predicted octanol–water partition coefficient (Wildman–Crippen LogP) is 2.92. The second-order valence-electron chi connectivity index (χ2n) is 5.26. The molecule has 0 amide bonds. The number of carbonyl (C=O) groups excluding carboxylic acids is 2. The standard InChI is InChI=1S/C17H22O5/c1-5-12-8-13(22-10-11(2)3)6-7-14(12)15(18)9-16(19)17(20)21-4/h6-9,11,18H,5,10H2,1-4H3/b15-9-. The zero-order chi connectivity index (χ0) is 16.7. The molecule has 1 rings (SSSR count). The third kappa shape index (κ3) is 4.91. The van der Waals surface area contributed by atoms with Gasteiger partial charge in [0.1, 0.15) is 11.5 Å². The molecule has 0 fully saturated rings. The number of rotatable bonds is 7. The summed E-state index contributed by atoms with van der Waals surface area (Å²) < 4.78 is 9.95. The van der Waals surface area contributed by atoms with Gasteiger partial charge in [-0.3, -0.25) is 4.79 Å². The Balaban J connectivity index is 3.01. The van der Waals surface area contributed by atoms with Crippen LogP contribution in [0.3, 0.4) is 0 Å². The molecule has 0 saturated heterocycles. The number of esters is 1. The first kappa shape index (κ1) is 17.8. The number of hydrogen-bond acceptors (Lipinski definition) is 5. The summed E-state index contributed by atoms with van der Waals surface area (Å²) in [5, 5.41) is 10.0. The molecule has 0 spiro atoms. The topological polar surface area (TPSA) is 72.8 Å². The van der Waals surface area contributed by atoms with Gasteiger partial charge in [0.05, 0.1) is 13.7 Å². The van der Waals surface area contributed by atoms with Crippen LogP contribution in [0.5, 0.6) is 5.75 Å². The minimum atomic E-state index is -1.01. The fourth-order valence-corrected chi connectivity index (χ4v) is 1.83. The van der Waals surface area contributed by atoms with Crippen molar-refractivity contribution in [2.75, 3.05) is 13.7 Å². The van der Waals surface area contributed by atoms with Gasteiger partial charge in [0.15, 0.2) is 0 Å². The highest BCUT2D eigenvalue weighted by Gasteiger charge is 2.14. The number of aliphatic hydroxyl groups is 1. The first-order valence-corrected chi connectivity index (χ1v) is 7.18. The number of benzene rings is 1. The van der Waals surface area contributed by atoms with Crippen LogP contribution in [-0.4, -0.2) is 30.6 Å². The molecule has 0 unspecified atom stereocenters. The van der Waals surface area contributed by atoms with Crippen LogP contribution in [0.2, 0.25) is 0 Å². The van der Waals surface area contributed by atoms with Gasteiger partial charge in [-0.05, 0) is 36.1 Å². The molecular weight excluding hydrogens is 284 g/mol. The first-order chi connectivity index (χ1) is 10.4. The van der Waals surface area contributed by atoms with E-state index in [1.165, 1.54) is 0 Å². The van der Waals surface area contributed by atoms with E-state index in [9.17, 15) is 14.7 Å². The zero-order valence-corrected chi connectivity index (χ0v) is 13.4. The van der Waals surface area contributed by atoms with E-state index < -0.39 is 11.8 Å². The first-order valence-electron chi connectivity index (χ1n) is 7.18. The second kappa shape index (κ2) is 8.22. The molecule has 0 aliphatic heterocycles. The molecule has 5 nitrogen and oxygen atoms in total. The monoisotopic (exact) mass is 306 g/mol. The van der Waals surface area contributed by atoms with Crippen LogP contribution in [0.4, 0.5) is 0 Å². The number of aliphatic hydroxyl groups excluding tert-OH is 1. The Morgan fingerprint density at radius 3 is 2.55 bits per heavy atom. The van der Waals surface area contributed by atoms with E-state index in [0.717, 1.165) is 18.7 Å². The summed E-state index contributed by atoms with van der Waals surface area (Å²) in [7, 11) is 1.11. The maximum Gasteiger partial charge on any atom is 0.378 e. The van der Waals surface area contributed by atoms with Gasteiger partial charge in [0.2, 0.25) is 0 Å². The normalized spacial score (nSPS) is 11.4. The van der Waals surface area contributed by atoms with Crippen molar-refractivity contribution in [3.8, 4) is 5.75 Å². The lowest BCUT2D eigenvalue weighted by molar-refractivity contribution is -0.149. The highest BCUT2D eigenvalue weighted by Crippen LogP contribution is 2.24. The van der Waals surface area contributed by atoms with Crippen molar-refractivity contribution in [2.45, 2.75) is 27.2 Å². The molecule has 0 heterocycles. The van der Waals surface area contributed by atoms with Gasteiger partial charge in [-0.15, -0.1) is 0 Å².